The minimum atomic E-state index is -1.05. The van der Waals surface area contributed by atoms with Crippen molar-refractivity contribution in [3.05, 3.63) is 81.7 Å². The molecule has 3 aromatic carbocycles. The van der Waals surface area contributed by atoms with Crippen molar-refractivity contribution in [2.45, 2.75) is 26.4 Å². The molecule has 2 saturated heterocycles. The SMILES string of the molecule is CC(C)Oc1ccc(-c2ccc(OCCN3CCOCC3)c(/C=C3\SC(=S)N(CCC(=O)Nc4ccc(C(=O)O)cc4)C3=O)c2)c(Cl)c1. The molecule has 0 unspecified atom stereocenters. The Bertz CT molecular complexity index is 1710. The minimum Gasteiger partial charge on any atom is -0.492 e. The van der Waals surface area contributed by atoms with E-state index in [-0.39, 0.29) is 36.4 Å². The summed E-state index contributed by atoms with van der Waals surface area (Å²) in [7, 11) is 0. The molecule has 2 aliphatic heterocycles. The number of nitrogens with zero attached hydrogens (tertiary/aromatic N) is 2. The molecule has 0 aromatic heterocycles. The second-order valence-electron chi connectivity index (χ2n) is 11.4. The molecule has 2 aliphatic rings. The van der Waals surface area contributed by atoms with Gasteiger partial charge in [-0.05, 0) is 80.1 Å². The number of carbonyl (C=O) groups excluding carboxylic acids is 2. The Morgan fingerprint density at radius 1 is 1.08 bits per heavy atom. The van der Waals surface area contributed by atoms with Crippen LogP contribution in [0, 0.1) is 0 Å². The van der Waals surface area contributed by atoms with Crippen LogP contribution in [0.25, 0.3) is 17.2 Å². The molecule has 2 amide bonds. The van der Waals surface area contributed by atoms with E-state index in [1.807, 2.05) is 44.2 Å². The van der Waals surface area contributed by atoms with Crippen molar-refractivity contribution in [1.82, 2.24) is 9.80 Å². The number of thiocarbonyl (C=S) groups is 1. The number of thioether (sulfide) groups is 1. The van der Waals surface area contributed by atoms with Gasteiger partial charge in [0.15, 0.2) is 0 Å². The number of aromatic carboxylic acids is 1. The third-order valence-electron chi connectivity index (χ3n) is 7.54. The summed E-state index contributed by atoms with van der Waals surface area (Å²) in [5, 5.41) is 12.3. The average molecular weight is 710 g/mol. The molecule has 2 N–H and O–H groups in total. The lowest BCUT2D eigenvalue weighted by molar-refractivity contribution is -0.122. The summed E-state index contributed by atoms with van der Waals surface area (Å²) in [6.07, 6.45) is 1.78. The van der Waals surface area contributed by atoms with E-state index in [1.165, 1.54) is 40.9 Å². The van der Waals surface area contributed by atoms with Crippen LogP contribution in [0.5, 0.6) is 11.5 Å². The lowest BCUT2D eigenvalue weighted by atomic mass is 10.0. The second kappa shape index (κ2) is 16.4. The van der Waals surface area contributed by atoms with E-state index < -0.39 is 5.97 Å². The molecule has 2 heterocycles. The predicted molar refractivity (Wildman–Crippen MR) is 192 cm³/mol. The zero-order valence-electron chi connectivity index (χ0n) is 26.6. The molecule has 0 bridgehead atoms. The monoisotopic (exact) mass is 709 g/mol. The third-order valence-corrected chi connectivity index (χ3v) is 9.23. The molecule has 5 rings (SSSR count). The van der Waals surface area contributed by atoms with Crippen LogP contribution in [0.2, 0.25) is 5.02 Å². The number of ether oxygens (including phenoxy) is 3. The van der Waals surface area contributed by atoms with Crippen LogP contribution in [0.15, 0.2) is 65.6 Å². The van der Waals surface area contributed by atoms with E-state index in [1.54, 1.807) is 12.1 Å². The Kier molecular flexibility index (Phi) is 12.1. The van der Waals surface area contributed by atoms with Crippen molar-refractivity contribution in [3.8, 4) is 22.6 Å². The van der Waals surface area contributed by atoms with Crippen molar-refractivity contribution in [2.75, 3.05) is 51.3 Å². The summed E-state index contributed by atoms with van der Waals surface area (Å²) in [6, 6.07) is 17.2. The van der Waals surface area contributed by atoms with Gasteiger partial charge in [-0.1, -0.05) is 41.6 Å². The van der Waals surface area contributed by atoms with Crippen LogP contribution < -0.4 is 14.8 Å². The smallest absolute Gasteiger partial charge is 0.335 e. The molecule has 3 aromatic rings. The highest BCUT2D eigenvalue weighted by Crippen LogP contribution is 2.38. The van der Waals surface area contributed by atoms with E-state index in [2.05, 4.69) is 10.2 Å². The number of carbonyl (C=O) groups is 3. The molecule has 252 valence electrons. The largest absolute Gasteiger partial charge is 0.492 e. The van der Waals surface area contributed by atoms with Crippen molar-refractivity contribution in [2.24, 2.45) is 0 Å². The van der Waals surface area contributed by atoms with E-state index in [9.17, 15) is 14.4 Å². The highest BCUT2D eigenvalue weighted by molar-refractivity contribution is 8.26. The van der Waals surface area contributed by atoms with E-state index in [0.717, 1.165) is 30.8 Å². The van der Waals surface area contributed by atoms with Crippen LogP contribution in [-0.2, 0) is 14.3 Å². The second-order valence-corrected chi connectivity index (χ2v) is 13.5. The van der Waals surface area contributed by atoms with Crippen LogP contribution in [-0.4, -0.2) is 89.1 Å². The summed E-state index contributed by atoms with van der Waals surface area (Å²) < 4.78 is 17.8. The van der Waals surface area contributed by atoms with Gasteiger partial charge in [0, 0.05) is 49.4 Å². The Hall–Kier alpha value is -3.94. The Balaban J connectivity index is 1.32. The zero-order valence-corrected chi connectivity index (χ0v) is 29.0. The number of benzene rings is 3. The maximum Gasteiger partial charge on any atom is 0.335 e. The first kappa shape index (κ1) is 35.4. The van der Waals surface area contributed by atoms with Gasteiger partial charge in [0.2, 0.25) is 5.91 Å². The summed E-state index contributed by atoms with van der Waals surface area (Å²) in [4.78, 5) is 41.3. The lowest BCUT2D eigenvalue weighted by Gasteiger charge is -2.26. The van der Waals surface area contributed by atoms with Crippen LogP contribution in [0.3, 0.4) is 0 Å². The summed E-state index contributed by atoms with van der Waals surface area (Å²) in [5.74, 6) is -0.400. The Labute approximate surface area is 294 Å². The number of rotatable bonds is 13. The number of nitrogens with one attached hydrogen (secondary N) is 1. The Morgan fingerprint density at radius 3 is 2.52 bits per heavy atom. The van der Waals surface area contributed by atoms with Crippen LogP contribution in [0.4, 0.5) is 5.69 Å². The van der Waals surface area contributed by atoms with Crippen molar-refractivity contribution < 1.29 is 33.7 Å². The fourth-order valence-electron chi connectivity index (χ4n) is 5.11. The van der Waals surface area contributed by atoms with Gasteiger partial charge in [0.05, 0.1) is 34.8 Å². The highest BCUT2D eigenvalue weighted by Gasteiger charge is 2.32. The molecule has 0 atom stereocenters. The van der Waals surface area contributed by atoms with Crippen molar-refractivity contribution >= 4 is 69.4 Å². The van der Waals surface area contributed by atoms with Gasteiger partial charge in [0.25, 0.3) is 5.91 Å². The maximum atomic E-state index is 13.5. The number of morpholine rings is 1. The number of amides is 2. The van der Waals surface area contributed by atoms with E-state index >= 15 is 0 Å². The van der Waals surface area contributed by atoms with Gasteiger partial charge in [0.1, 0.15) is 22.4 Å². The van der Waals surface area contributed by atoms with Gasteiger partial charge in [-0.25, -0.2) is 4.79 Å². The quantitative estimate of drug-likeness (QED) is 0.152. The van der Waals surface area contributed by atoms with Gasteiger partial charge in [-0.3, -0.25) is 19.4 Å². The Morgan fingerprint density at radius 2 is 1.83 bits per heavy atom. The molecule has 0 saturated carbocycles. The van der Waals surface area contributed by atoms with Gasteiger partial charge in [-0.15, -0.1) is 0 Å². The zero-order chi connectivity index (χ0) is 34.2. The molecule has 0 radical (unpaired) electrons. The average Bonchev–Trinajstić information content (AvgIpc) is 3.32. The van der Waals surface area contributed by atoms with E-state index in [0.29, 0.717) is 56.8 Å². The number of carboxylic acid groups (broad SMARTS) is 1. The first-order valence-corrected chi connectivity index (χ1v) is 17.1. The maximum absolute atomic E-state index is 13.5. The first-order chi connectivity index (χ1) is 23.1. The molecule has 10 nitrogen and oxygen atoms in total. The molecular formula is C35H36ClN3O7S2. The normalized spacial score (nSPS) is 16.1. The molecule has 13 heteroatoms. The highest BCUT2D eigenvalue weighted by atomic mass is 35.5. The van der Waals surface area contributed by atoms with Crippen molar-refractivity contribution in [3.63, 3.8) is 0 Å². The lowest BCUT2D eigenvalue weighted by Crippen LogP contribution is -2.38. The molecule has 2 fully saturated rings. The summed E-state index contributed by atoms with van der Waals surface area (Å²) in [5.41, 5.74) is 2.91. The summed E-state index contributed by atoms with van der Waals surface area (Å²) in [6.45, 7) is 8.28. The number of anilines is 1. The summed E-state index contributed by atoms with van der Waals surface area (Å²) >= 11 is 13.4. The molecule has 0 aliphatic carbocycles. The van der Waals surface area contributed by atoms with Crippen molar-refractivity contribution in [1.29, 1.82) is 0 Å². The third kappa shape index (κ3) is 9.36. The topological polar surface area (TPSA) is 118 Å². The number of carboxylic acids is 1. The predicted octanol–water partition coefficient (Wildman–Crippen LogP) is 6.43. The fourth-order valence-corrected chi connectivity index (χ4v) is 6.69. The number of halogens is 1. The van der Waals surface area contributed by atoms with Crippen LogP contribution in [0.1, 0.15) is 36.2 Å². The molecule has 0 spiro atoms. The van der Waals surface area contributed by atoms with Crippen LogP contribution >= 0.6 is 35.6 Å². The van der Waals surface area contributed by atoms with Gasteiger partial charge >= 0.3 is 5.97 Å². The molecular weight excluding hydrogens is 674 g/mol. The number of hydrogen-bond donors (Lipinski definition) is 2. The standard InChI is InChI=1S/C35H36ClN3O7S2/c1-22(2)46-27-8-9-28(29(36)21-27)24-5-10-30(45-18-15-38-13-16-44-17-14-38)25(19-24)20-31-33(41)39(35(47)48-31)12-11-32(40)37-26-6-3-23(4-7-26)34(42)43/h3-10,19-22H,11-18H2,1-2H3,(H,37,40)(H,42,43)/b31-20-. The fraction of sp³-hybridized carbons (Fsp3) is 0.314. The van der Waals surface area contributed by atoms with Gasteiger partial charge < -0.3 is 24.6 Å². The minimum absolute atomic E-state index is 0.000800. The number of hydrogen-bond acceptors (Lipinski definition) is 9. The van der Waals surface area contributed by atoms with Gasteiger partial charge in [-0.2, -0.15) is 0 Å². The molecule has 48 heavy (non-hydrogen) atoms. The first-order valence-electron chi connectivity index (χ1n) is 15.5. The van der Waals surface area contributed by atoms with E-state index in [4.69, 9.17) is 43.1 Å².